The Morgan fingerprint density at radius 3 is 2.50 bits per heavy atom. The molecule has 0 saturated carbocycles. The lowest BCUT2D eigenvalue weighted by Gasteiger charge is -2.37. The Bertz CT molecular complexity index is 722. The predicted molar refractivity (Wildman–Crippen MR) is 126 cm³/mol. The van der Waals surface area contributed by atoms with E-state index in [0.29, 0.717) is 12.6 Å². The number of aryl methyl sites for hydroxylation is 1. The minimum atomic E-state index is 0. The highest BCUT2D eigenvalue weighted by Gasteiger charge is 2.24. The highest BCUT2D eigenvalue weighted by Crippen LogP contribution is 2.26. The molecule has 2 heterocycles. The largest absolute Gasteiger partial charge is 0.354 e. The predicted octanol–water partition coefficient (Wildman–Crippen LogP) is 3.18. The van der Waals surface area contributed by atoms with Crippen LogP contribution in [-0.4, -0.2) is 47.3 Å². The van der Waals surface area contributed by atoms with Crippen LogP contribution in [0.4, 0.5) is 0 Å². The number of likely N-dealkylation sites (tertiary alicyclic amines) is 1. The normalized spacial score (nSPS) is 17.0. The standard InChI is InChI=1S/C21H32N6.HI/c1-17-10-13-27(14-11-17)20(18-7-5-4-6-8-18)16-24-21(22-2)23-15-19-9-12-25-26(19)3;/h4-9,12,17,20H,10-11,13-16H2,1-3H3,(H2,22,23,24);1H. The minimum absolute atomic E-state index is 0. The molecule has 1 aromatic carbocycles. The minimum Gasteiger partial charge on any atom is -0.354 e. The summed E-state index contributed by atoms with van der Waals surface area (Å²) in [5.74, 6) is 1.65. The van der Waals surface area contributed by atoms with E-state index in [2.05, 4.69) is 62.9 Å². The van der Waals surface area contributed by atoms with Crippen LogP contribution in [0.25, 0.3) is 0 Å². The summed E-state index contributed by atoms with van der Waals surface area (Å²) in [6, 6.07) is 13.2. The number of aliphatic imine (C=N–C) groups is 1. The first kappa shape index (κ1) is 22.7. The molecule has 3 rings (SSSR count). The summed E-state index contributed by atoms with van der Waals surface area (Å²) in [6.07, 6.45) is 4.36. The molecule has 2 aromatic rings. The quantitative estimate of drug-likeness (QED) is 0.367. The van der Waals surface area contributed by atoms with Crippen molar-refractivity contribution in [3.05, 3.63) is 53.9 Å². The first-order valence-corrected chi connectivity index (χ1v) is 9.87. The number of guanidine groups is 1. The number of aromatic nitrogens is 2. The molecular weight excluding hydrogens is 463 g/mol. The van der Waals surface area contributed by atoms with Gasteiger partial charge in [-0.3, -0.25) is 14.6 Å². The first-order valence-electron chi connectivity index (χ1n) is 9.87. The fourth-order valence-electron chi connectivity index (χ4n) is 3.64. The zero-order valence-corrected chi connectivity index (χ0v) is 19.5. The lowest BCUT2D eigenvalue weighted by molar-refractivity contribution is 0.138. The molecule has 1 atom stereocenters. The van der Waals surface area contributed by atoms with Gasteiger partial charge >= 0.3 is 0 Å². The molecule has 154 valence electrons. The molecule has 0 spiro atoms. The molecule has 1 saturated heterocycles. The monoisotopic (exact) mass is 496 g/mol. The number of hydrogen-bond acceptors (Lipinski definition) is 3. The van der Waals surface area contributed by atoms with Crippen molar-refractivity contribution in [2.45, 2.75) is 32.4 Å². The third-order valence-electron chi connectivity index (χ3n) is 5.49. The second kappa shape index (κ2) is 11.4. The van der Waals surface area contributed by atoms with E-state index in [-0.39, 0.29) is 24.0 Å². The first-order chi connectivity index (χ1) is 13.2. The molecule has 1 aliphatic heterocycles. The Kier molecular flexibility index (Phi) is 9.24. The SMILES string of the molecule is CN=C(NCc1ccnn1C)NCC(c1ccccc1)N1CCC(C)CC1.I. The number of rotatable bonds is 6. The van der Waals surface area contributed by atoms with Crippen LogP contribution >= 0.6 is 24.0 Å². The average molecular weight is 496 g/mol. The molecule has 1 unspecified atom stereocenters. The smallest absolute Gasteiger partial charge is 0.191 e. The van der Waals surface area contributed by atoms with E-state index in [1.807, 2.05) is 31.0 Å². The van der Waals surface area contributed by atoms with Gasteiger partial charge in [0.15, 0.2) is 5.96 Å². The van der Waals surface area contributed by atoms with Crippen molar-refractivity contribution < 1.29 is 0 Å². The van der Waals surface area contributed by atoms with Gasteiger partial charge in [-0.05, 0) is 43.5 Å². The third kappa shape index (κ3) is 6.20. The molecule has 0 aliphatic carbocycles. The van der Waals surface area contributed by atoms with Crippen molar-refractivity contribution >= 4 is 29.9 Å². The summed E-state index contributed by atoms with van der Waals surface area (Å²) >= 11 is 0. The Morgan fingerprint density at radius 1 is 1.18 bits per heavy atom. The van der Waals surface area contributed by atoms with Crippen molar-refractivity contribution in [1.29, 1.82) is 0 Å². The van der Waals surface area contributed by atoms with E-state index in [4.69, 9.17) is 0 Å². The average Bonchev–Trinajstić information content (AvgIpc) is 3.11. The lowest BCUT2D eigenvalue weighted by Crippen LogP contribution is -2.45. The number of nitrogens with one attached hydrogen (secondary N) is 2. The van der Waals surface area contributed by atoms with Gasteiger partial charge in [0, 0.05) is 26.8 Å². The number of benzene rings is 1. The second-order valence-electron chi connectivity index (χ2n) is 7.40. The van der Waals surface area contributed by atoms with Gasteiger partial charge in [0.1, 0.15) is 0 Å². The van der Waals surface area contributed by atoms with E-state index in [1.54, 1.807) is 0 Å². The molecule has 2 N–H and O–H groups in total. The third-order valence-corrected chi connectivity index (χ3v) is 5.49. The molecule has 0 radical (unpaired) electrons. The van der Waals surface area contributed by atoms with E-state index in [1.165, 1.54) is 18.4 Å². The van der Waals surface area contributed by atoms with Crippen LogP contribution in [0.15, 0.2) is 47.6 Å². The van der Waals surface area contributed by atoms with E-state index >= 15 is 0 Å². The topological polar surface area (TPSA) is 57.5 Å². The number of piperidine rings is 1. The van der Waals surface area contributed by atoms with Gasteiger partial charge in [0.05, 0.1) is 18.3 Å². The maximum absolute atomic E-state index is 4.39. The van der Waals surface area contributed by atoms with Gasteiger partial charge in [-0.1, -0.05) is 37.3 Å². The molecule has 1 fully saturated rings. The van der Waals surface area contributed by atoms with E-state index in [0.717, 1.165) is 37.2 Å². The molecular formula is C21H33IN6. The maximum Gasteiger partial charge on any atom is 0.191 e. The van der Waals surface area contributed by atoms with Crippen molar-refractivity contribution in [1.82, 2.24) is 25.3 Å². The Morgan fingerprint density at radius 2 is 1.89 bits per heavy atom. The highest BCUT2D eigenvalue weighted by atomic mass is 127. The Balaban J connectivity index is 0.00000280. The molecule has 28 heavy (non-hydrogen) atoms. The van der Waals surface area contributed by atoms with Gasteiger partial charge in [-0.2, -0.15) is 5.10 Å². The van der Waals surface area contributed by atoms with Crippen LogP contribution in [0.3, 0.4) is 0 Å². The van der Waals surface area contributed by atoms with Crippen molar-refractivity contribution in [2.75, 3.05) is 26.7 Å². The van der Waals surface area contributed by atoms with Crippen LogP contribution in [-0.2, 0) is 13.6 Å². The zero-order valence-electron chi connectivity index (χ0n) is 17.1. The van der Waals surface area contributed by atoms with Crippen molar-refractivity contribution in [2.24, 2.45) is 18.0 Å². The Labute approximate surface area is 185 Å². The second-order valence-corrected chi connectivity index (χ2v) is 7.40. The zero-order chi connectivity index (χ0) is 19.1. The van der Waals surface area contributed by atoms with Gasteiger partial charge in [-0.25, -0.2) is 0 Å². The van der Waals surface area contributed by atoms with Crippen LogP contribution in [0.5, 0.6) is 0 Å². The van der Waals surface area contributed by atoms with Crippen LogP contribution in [0.1, 0.15) is 37.1 Å². The highest BCUT2D eigenvalue weighted by molar-refractivity contribution is 14.0. The van der Waals surface area contributed by atoms with Crippen LogP contribution in [0.2, 0.25) is 0 Å². The molecule has 0 bridgehead atoms. The summed E-state index contributed by atoms with van der Waals surface area (Å²) in [5, 5.41) is 11.1. The fraction of sp³-hybridized carbons (Fsp3) is 0.524. The van der Waals surface area contributed by atoms with Crippen molar-refractivity contribution in [3.63, 3.8) is 0 Å². The number of nitrogens with zero attached hydrogens (tertiary/aromatic N) is 4. The van der Waals surface area contributed by atoms with Gasteiger partial charge in [0.2, 0.25) is 0 Å². The van der Waals surface area contributed by atoms with E-state index in [9.17, 15) is 0 Å². The van der Waals surface area contributed by atoms with Gasteiger partial charge < -0.3 is 10.6 Å². The summed E-state index contributed by atoms with van der Waals surface area (Å²) in [7, 11) is 3.77. The number of halogens is 1. The summed E-state index contributed by atoms with van der Waals surface area (Å²) in [5.41, 5.74) is 2.49. The van der Waals surface area contributed by atoms with Gasteiger partial charge in [-0.15, -0.1) is 24.0 Å². The Hall–Kier alpha value is -1.61. The van der Waals surface area contributed by atoms with Crippen molar-refractivity contribution in [3.8, 4) is 0 Å². The summed E-state index contributed by atoms with van der Waals surface area (Å²) < 4.78 is 1.88. The van der Waals surface area contributed by atoms with Crippen LogP contribution < -0.4 is 10.6 Å². The molecule has 6 nitrogen and oxygen atoms in total. The summed E-state index contributed by atoms with van der Waals surface area (Å²) in [6.45, 7) is 6.21. The lowest BCUT2D eigenvalue weighted by atomic mass is 9.95. The number of hydrogen-bond donors (Lipinski definition) is 2. The molecule has 1 aliphatic rings. The van der Waals surface area contributed by atoms with E-state index < -0.39 is 0 Å². The van der Waals surface area contributed by atoms with Gasteiger partial charge in [0.25, 0.3) is 0 Å². The fourth-order valence-corrected chi connectivity index (χ4v) is 3.64. The molecule has 0 amide bonds. The maximum atomic E-state index is 4.39. The molecule has 7 heteroatoms. The summed E-state index contributed by atoms with van der Waals surface area (Å²) in [4.78, 5) is 6.99. The molecule has 1 aromatic heterocycles. The van der Waals surface area contributed by atoms with Crippen LogP contribution in [0, 0.1) is 5.92 Å².